The van der Waals surface area contributed by atoms with Gasteiger partial charge in [-0.25, -0.2) is 4.79 Å². The van der Waals surface area contributed by atoms with E-state index in [9.17, 15) is 9.59 Å². The van der Waals surface area contributed by atoms with Crippen LogP contribution < -0.4 is 16.4 Å². The van der Waals surface area contributed by atoms with Gasteiger partial charge in [0.1, 0.15) is 0 Å². The largest absolute Gasteiger partial charge is 0.351 e. The van der Waals surface area contributed by atoms with E-state index >= 15 is 0 Å². The molecule has 1 saturated carbocycles. The van der Waals surface area contributed by atoms with Crippen LogP contribution in [-0.2, 0) is 4.79 Å². The van der Waals surface area contributed by atoms with Gasteiger partial charge >= 0.3 is 6.03 Å². The molecule has 0 bridgehead atoms. The van der Waals surface area contributed by atoms with Crippen LogP contribution in [-0.4, -0.2) is 18.0 Å². The Hall–Kier alpha value is -1.88. The van der Waals surface area contributed by atoms with Crippen molar-refractivity contribution in [3.05, 3.63) is 35.9 Å². The first-order chi connectivity index (χ1) is 8.16. The van der Waals surface area contributed by atoms with Crippen molar-refractivity contribution in [2.45, 2.75) is 24.9 Å². The molecule has 90 valence electrons. The molecule has 0 saturated heterocycles. The number of carbonyl (C=O) groups is 2. The maximum atomic E-state index is 11.9. The summed E-state index contributed by atoms with van der Waals surface area (Å²) >= 11 is 0. The molecule has 1 fully saturated rings. The predicted molar refractivity (Wildman–Crippen MR) is 61.9 cm³/mol. The summed E-state index contributed by atoms with van der Waals surface area (Å²) < 4.78 is 0. The van der Waals surface area contributed by atoms with Gasteiger partial charge in [-0.2, -0.15) is 0 Å². The summed E-state index contributed by atoms with van der Waals surface area (Å²) in [6.45, 7) is 0. The van der Waals surface area contributed by atoms with Gasteiger partial charge in [-0.3, -0.25) is 10.1 Å². The Morgan fingerprint density at radius 2 is 1.94 bits per heavy atom. The van der Waals surface area contributed by atoms with Gasteiger partial charge in [0, 0.05) is 18.4 Å². The topological polar surface area (TPSA) is 88.8 Å². The Morgan fingerprint density at radius 1 is 1.29 bits per heavy atom. The molecule has 1 aromatic rings. The zero-order valence-corrected chi connectivity index (χ0v) is 9.43. The summed E-state index contributed by atoms with van der Waals surface area (Å²) in [4.78, 5) is 22.6. The third kappa shape index (κ3) is 3.29. The van der Waals surface area contributed by atoms with Crippen LogP contribution in [0.5, 0.6) is 0 Å². The van der Waals surface area contributed by atoms with Gasteiger partial charge in [-0.05, 0) is 0 Å². The van der Waals surface area contributed by atoms with E-state index in [0.29, 0.717) is 6.04 Å². The molecule has 2 rings (SSSR count). The molecule has 5 nitrogen and oxygen atoms in total. The highest BCUT2D eigenvalue weighted by atomic mass is 16.2. The van der Waals surface area contributed by atoms with Crippen LogP contribution in [0.1, 0.15) is 24.4 Å². The number of quaternary nitrogens is 1. The van der Waals surface area contributed by atoms with Crippen LogP contribution in [0.3, 0.4) is 0 Å². The maximum Gasteiger partial charge on any atom is 0.319 e. The Kier molecular flexibility index (Phi) is 3.39. The van der Waals surface area contributed by atoms with Crippen molar-refractivity contribution in [1.29, 1.82) is 0 Å². The number of primary amides is 1. The lowest BCUT2D eigenvalue weighted by Gasteiger charge is -2.14. The monoisotopic (exact) mass is 234 g/mol. The zero-order valence-electron chi connectivity index (χ0n) is 9.43. The van der Waals surface area contributed by atoms with Crippen LogP contribution in [0.15, 0.2) is 30.3 Å². The van der Waals surface area contributed by atoms with Gasteiger partial charge in [0.05, 0.1) is 6.04 Å². The van der Waals surface area contributed by atoms with Gasteiger partial charge in [-0.15, -0.1) is 0 Å². The van der Waals surface area contributed by atoms with Crippen LogP contribution in [0.4, 0.5) is 4.79 Å². The molecule has 0 unspecified atom stereocenters. The summed E-state index contributed by atoms with van der Waals surface area (Å²) in [5.41, 5.74) is 5.86. The number of benzene rings is 1. The Bertz CT molecular complexity index is 415. The van der Waals surface area contributed by atoms with Gasteiger partial charge < -0.3 is 11.1 Å². The highest BCUT2D eigenvalue weighted by Gasteiger charge is 2.34. The summed E-state index contributed by atoms with van der Waals surface area (Å²) in [5, 5.41) is 4.14. The van der Waals surface area contributed by atoms with Crippen molar-refractivity contribution in [3.8, 4) is 0 Å². The summed E-state index contributed by atoms with van der Waals surface area (Å²) in [6.07, 6.45) is 2.24. The molecule has 0 spiro atoms. The van der Waals surface area contributed by atoms with Crippen molar-refractivity contribution in [1.82, 2.24) is 5.32 Å². The van der Waals surface area contributed by atoms with Crippen molar-refractivity contribution in [2.75, 3.05) is 0 Å². The number of carbonyl (C=O) groups excluding carboxylic acids is 2. The highest BCUT2D eigenvalue weighted by molar-refractivity contribution is 5.96. The Morgan fingerprint density at radius 3 is 2.47 bits per heavy atom. The minimum absolute atomic E-state index is 0.351. The number of nitrogens with two attached hydrogens (primary N) is 2. The molecule has 1 aromatic carbocycles. The number of urea groups is 1. The van der Waals surface area contributed by atoms with Crippen LogP contribution in [0.25, 0.3) is 0 Å². The molecule has 3 amide bonds. The van der Waals surface area contributed by atoms with Crippen molar-refractivity contribution >= 4 is 11.9 Å². The fourth-order valence-corrected chi connectivity index (χ4v) is 1.77. The lowest BCUT2D eigenvalue weighted by molar-refractivity contribution is -0.695. The second kappa shape index (κ2) is 4.97. The fraction of sp³-hybridized carbons (Fsp3) is 0.333. The molecule has 5 N–H and O–H groups in total. The molecule has 0 aliphatic heterocycles. The van der Waals surface area contributed by atoms with E-state index in [-0.39, 0.29) is 5.91 Å². The van der Waals surface area contributed by atoms with Gasteiger partial charge in [0.2, 0.25) is 0 Å². The van der Waals surface area contributed by atoms with Gasteiger partial charge in [-0.1, -0.05) is 30.3 Å². The predicted octanol–water partition coefficient (Wildman–Crippen LogP) is -0.352. The summed E-state index contributed by atoms with van der Waals surface area (Å²) in [6, 6.07) is 8.69. The highest BCUT2D eigenvalue weighted by Crippen LogP contribution is 2.17. The molecule has 0 radical (unpaired) electrons. The number of hydrogen-bond donors (Lipinski definition) is 3. The third-order valence-electron chi connectivity index (χ3n) is 2.77. The van der Waals surface area contributed by atoms with Crippen LogP contribution >= 0.6 is 0 Å². The number of nitrogens with one attached hydrogen (secondary N) is 1. The van der Waals surface area contributed by atoms with Crippen molar-refractivity contribution in [3.63, 3.8) is 0 Å². The van der Waals surface area contributed by atoms with Crippen molar-refractivity contribution in [2.24, 2.45) is 5.73 Å². The third-order valence-corrected chi connectivity index (χ3v) is 2.77. The number of hydrogen-bond acceptors (Lipinski definition) is 2. The molecular formula is C12H16N3O2+. The van der Waals surface area contributed by atoms with E-state index in [1.54, 1.807) is 0 Å². The standard InChI is InChI=1S/C12H15N3O2/c13-12(17)15-11(16)10(14-9-6-7-9)8-4-2-1-3-5-8/h1-5,9-10,14H,6-7H2,(H3,13,15,16,17)/p+1/t10-/m0/s1. The lowest BCUT2D eigenvalue weighted by atomic mass is 10.1. The van der Waals surface area contributed by atoms with Crippen LogP contribution in [0.2, 0.25) is 0 Å². The first kappa shape index (κ1) is 11.6. The first-order valence-electron chi connectivity index (χ1n) is 5.67. The molecule has 5 heteroatoms. The molecule has 1 aliphatic rings. The molecule has 1 aliphatic carbocycles. The summed E-state index contributed by atoms with van der Waals surface area (Å²) in [7, 11) is 0. The quantitative estimate of drug-likeness (QED) is 0.664. The minimum atomic E-state index is -0.805. The number of amides is 3. The second-order valence-corrected chi connectivity index (χ2v) is 4.27. The molecule has 0 aromatic heterocycles. The van der Waals surface area contributed by atoms with Gasteiger partial charge in [0.15, 0.2) is 6.04 Å². The second-order valence-electron chi connectivity index (χ2n) is 4.27. The van der Waals surface area contributed by atoms with E-state index in [0.717, 1.165) is 18.4 Å². The van der Waals surface area contributed by atoms with Crippen molar-refractivity contribution < 1.29 is 14.9 Å². The van der Waals surface area contributed by atoms with E-state index in [4.69, 9.17) is 5.73 Å². The molecule has 1 atom stereocenters. The average molecular weight is 234 g/mol. The van der Waals surface area contributed by atoms with Gasteiger partial charge in [0.25, 0.3) is 5.91 Å². The normalized spacial score (nSPS) is 16.2. The number of imide groups is 1. The molecule has 17 heavy (non-hydrogen) atoms. The minimum Gasteiger partial charge on any atom is -0.351 e. The molecule has 0 heterocycles. The smallest absolute Gasteiger partial charge is 0.319 e. The van der Waals surface area contributed by atoms with Crippen LogP contribution in [0, 0.1) is 0 Å². The lowest BCUT2D eigenvalue weighted by Crippen LogP contribution is -2.89. The Balaban J connectivity index is 2.12. The van der Waals surface area contributed by atoms with E-state index in [1.165, 1.54) is 0 Å². The maximum absolute atomic E-state index is 11.9. The molecular weight excluding hydrogens is 218 g/mol. The zero-order chi connectivity index (χ0) is 12.3. The summed E-state index contributed by atoms with van der Waals surface area (Å²) in [5.74, 6) is -0.351. The first-order valence-corrected chi connectivity index (χ1v) is 5.67. The fourth-order valence-electron chi connectivity index (χ4n) is 1.77. The average Bonchev–Trinajstić information content (AvgIpc) is 3.10. The SMILES string of the molecule is NC(=O)NC(=O)[C@@H]([NH2+]C1CC1)c1ccccc1. The number of rotatable bonds is 4. The van der Waals surface area contributed by atoms with E-state index in [2.05, 4.69) is 5.32 Å². The van der Waals surface area contributed by atoms with E-state index in [1.807, 2.05) is 35.6 Å². The Labute approximate surface area is 99.4 Å². The van der Waals surface area contributed by atoms with E-state index < -0.39 is 12.1 Å².